The molecule has 2 fully saturated rings. The number of aliphatic hydroxyl groups is 1. The molecule has 1 atom stereocenters. The van der Waals surface area contributed by atoms with Crippen molar-refractivity contribution >= 4 is 11.9 Å². The Hall–Kier alpha value is -1.77. The number of aromatic nitrogens is 2. The third-order valence-electron chi connectivity index (χ3n) is 5.75. The smallest absolute Gasteiger partial charge is 0.257 e. The molecule has 8 nitrogen and oxygen atoms in total. The molecule has 2 saturated heterocycles. The van der Waals surface area contributed by atoms with Gasteiger partial charge in [-0.1, -0.05) is 13.8 Å². The number of piperidine rings is 1. The molecule has 0 saturated carbocycles. The molecule has 27 heavy (non-hydrogen) atoms. The van der Waals surface area contributed by atoms with Crippen LogP contribution < -0.4 is 5.32 Å². The van der Waals surface area contributed by atoms with Crippen LogP contribution in [0.25, 0.3) is 0 Å². The lowest BCUT2D eigenvalue weighted by atomic mass is 9.69. The Bertz CT molecular complexity index is 645. The van der Waals surface area contributed by atoms with Gasteiger partial charge in [0.15, 0.2) is 0 Å². The van der Waals surface area contributed by atoms with E-state index >= 15 is 0 Å². The number of anilines is 1. The number of likely N-dealkylation sites (tertiary alicyclic amines) is 1. The third-order valence-corrected chi connectivity index (χ3v) is 5.75. The van der Waals surface area contributed by atoms with Gasteiger partial charge in [-0.05, 0) is 13.3 Å². The van der Waals surface area contributed by atoms with Gasteiger partial charge >= 0.3 is 0 Å². The van der Waals surface area contributed by atoms with Crippen molar-refractivity contribution in [3.63, 3.8) is 0 Å². The number of morpholine rings is 1. The van der Waals surface area contributed by atoms with Crippen molar-refractivity contribution in [2.45, 2.75) is 32.8 Å². The van der Waals surface area contributed by atoms with Crippen molar-refractivity contribution in [1.29, 1.82) is 0 Å². The predicted molar refractivity (Wildman–Crippen MR) is 103 cm³/mol. The Labute approximate surface area is 160 Å². The van der Waals surface area contributed by atoms with Crippen molar-refractivity contribution in [3.05, 3.63) is 18.0 Å². The average Bonchev–Trinajstić information content (AvgIpc) is 2.65. The summed E-state index contributed by atoms with van der Waals surface area (Å²) in [7, 11) is 0. The van der Waals surface area contributed by atoms with Crippen LogP contribution in [-0.4, -0.2) is 88.9 Å². The van der Waals surface area contributed by atoms with Gasteiger partial charge in [0.1, 0.15) is 0 Å². The minimum absolute atomic E-state index is 0.0838. The minimum atomic E-state index is -0.827. The van der Waals surface area contributed by atoms with E-state index in [2.05, 4.69) is 20.2 Å². The highest BCUT2D eigenvalue weighted by molar-refractivity contribution is 5.93. The van der Waals surface area contributed by atoms with Crippen molar-refractivity contribution in [1.82, 2.24) is 19.8 Å². The van der Waals surface area contributed by atoms with Crippen LogP contribution in [0.15, 0.2) is 12.4 Å². The maximum atomic E-state index is 12.9. The lowest BCUT2D eigenvalue weighted by Gasteiger charge is -2.52. The number of carbonyl (C=O) groups excluding carboxylic acids is 1. The number of rotatable bonds is 5. The predicted octanol–water partition coefficient (Wildman–Crippen LogP) is 0.844. The normalized spacial score (nSPS) is 26.0. The largest absolute Gasteiger partial charge is 0.388 e. The van der Waals surface area contributed by atoms with Crippen molar-refractivity contribution in [2.24, 2.45) is 5.41 Å². The molecule has 2 aliphatic rings. The Balaban J connectivity index is 1.65. The third kappa shape index (κ3) is 4.39. The van der Waals surface area contributed by atoms with E-state index in [1.165, 1.54) is 0 Å². The maximum absolute atomic E-state index is 12.9. The van der Waals surface area contributed by atoms with Gasteiger partial charge in [-0.25, -0.2) is 9.97 Å². The van der Waals surface area contributed by atoms with Gasteiger partial charge in [-0.15, -0.1) is 0 Å². The SMILES string of the molecule is CCNc1ncc(C(=O)N2CC[C@@](O)(CN3CCOCC3)C(C)(C)C2)cn1. The molecule has 0 unspecified atom stereocenters. The lowest BCUT2D eigenvalue weighted by molar-refractivity contribution is -0.133. The van der Waals surface area contributed by atoms with E-state index in [0.717, 1.165) is 19.6 Å². The number of ether oxygens (including phenoxy) is 1. The zero-order valence-corrected chi connectivity index (χ0v) is 16.6. The first-order chi connectivity index (χ1) is 12.8. The summed E-state index contributed by atoms with van der Waals surface area (Å²) in [5, 5.41) is 14.4. The number of β-amino-alcohol motifs (C(OH)–C–C–N with tert-alkyl or cyclic N) is 1. The molecule has 3 heterocycles. The molecule has 2 aliphatic heterocycles. The van der Waals surface area contributed by atoms with Crippen LogP contribution in [-0.2, 0) is 4.74 Å². The molecule has 0 spiro atoms. The van der Waals surface area contributed by atoms with Crippen LogP contribution in [0.2, 0.25) is 0 Å². The van der Waals surface area contributed by atoms with Gasteiger partial charge in [0.25, 0.3) is 5.91 Å². The highest BCUT2D eigenvalue weighted by atomic mass is 16.5. The summed E-state index contributed by atoms with van der Waals surface area (Å²) in [6.45, 7) is 11.5. The lowest BCUT2D eigenvalue weighted by Crippen LogP contribution is -2.63. The van der Waals surface area contributed by atoms with Gasteiger partial charge in [-0.2, -0.15) is 0 Å². The topological polar surface area (TPSA) is 90.8 Å². The molecule has 150 valence electrons. The van der Waals surface area contributed by atoms with Crippen LogP contribution in [0.5, 0.6) is 0 Å². The van der Waals surface area contributed by atoms with E-state index in [-0.39, 0.29) is 5.91 Å². The monoisotopic (exact) mass is 377 g/mol. The second-order valence-electron chi connectivity index (χ2n) is 8.11. The molecule has 1 aromatic heterocycles. The van der Waals surface area contributed by atoms with E-state index < -0.39 is 11.0 Å². The second-order valence-corrected chi connectivity index (χ2v) is 8.11. The summed E-state index contributed by atoms with van der Waals surface area (Å²) >= 11 is 0. The molecule has 1 amide bonds. The van der Waals surface area contributed by atoms with Gasteiger partial charge in [0, 0.05) is 57.1 Å². The van der Waals surface area contributed by atoms with E-state index in [1.807, 2.05) is 20.8 Å². The fourth-order valence-corrected chi connectivity index (χ4v) is 3.83. The number of nitrogens with zero attached hydrogens (tertiary/aromatic N) is 4. The molecular formula is C19H31N5O3. The number of amides is 1. The number of carbonyl (C=O) groups is 1. The first-order valence-corrected chi connectivity index (χ1v) is 9.72. The molecular weight excluding hydrogens is 346 g/mol. The zero-order chi connectivity index (χ0) is 19.5. The molecule has 0 aliphatic carbocycles. The fourth-order valence-electron chi connectivity index (χ4n) is 3.83. The quantitative estimate of drug-likeness (QED) is 0.786. The van der Waals surface area contributed by atoms with Gasteiger partial charge in [0.2, 0.25) is 5.95 Å². The molecule has 0 aromatic carbocycles. The fraction of sp³-hybridized carbons (Fsp3) is 0.737. The standard InChI is InChI=1S/C19H31N5O3/c1-4-20-17-21-11-15(12-22-17)16(25)24-6-5-19(26,18(2,3)13-24)14-23-7-9-27-10-8-23/h11-12,26H,4-10,13-14H2,1-3H3,(H,20,21,22)/t19-/m1/s1. The van der Waals surface area contributed by atoms with E-state index in [4.69, 9.17) is 4.74 Å². The number of hydrogen-bond donors (Lipinski definition) is 2. The maximum Gasteiger partial charge on any atom is 0.257 e. The molecule has 8 heteroatoms. The van der Waals surface area contributed by atoms with E-state index in [0.29, 0.717) is 50.8 Å². The Morgan fingerprint density at radius 1 is 1.26 bits per heavy atom. The first-order valence-electron chi connectivity index (χ1n) is 9.72. The molecule has 0 bridgehead atoms. The average molecular weight is 377 g/mol. The van der Waals surface area contributed by atoms with Crippen LogP contribution >= 0.6 is 0 Å². The van der Waals surface area contributed by atoms with E-state index in [9.17, 15) is 9.90 Å². The van der Waals surface area contributed by atoms with E-state index in [1.54, 1.807) is 17.3 Å². The molecule has 3 rings (SSSR count). The van der Waals surface area contributed by atoms with Crippen LogP contribution in [0.3, 0.4) is 0 Å². The molecule has 0 radical (unpaired) electrons. The Kier molecular flexibility index (Phi) is 5.98. The summed E-state index contributed by atoms with van der Waals surface area (Å²) in [5.41, 5.74) is -0.762. The van der Waals surface area contributed by atoms with Crippen molar-refractivity contribution < 1.29 is 14.6 Å². The highest BCUT2D eigenvalue weighted by Gasteiger charge is 2.49. The summed E-state index contributed by atoms with van der Waals surface area (Å²) in [6, 6.07) is 0. The van der Waals surface area contributed by atoms with Gasteiger partial charge < -0.3 is 20.1 Å². The number of hydrogen-bond acceptors (Lipinski definition) is 7. The van der Waals surface area contributed by atoms with Crippen LogP contribution in [0, 0.1) is 5.41 Å². The van der Waals surface area contributed by atoms with Crippen LogP contribution in [0.4, 0.5) is 5.95 Å². The van der Waals surface area contributed by atoms with Crippen molar-refractivity contribution in [3.8, 4) is 0 Å². The molecule has 2 N–H and O–H groups in total. The first kappa shape index (κ1) is 20.0. The minimum Gasteiger partial charge on any atom is -0.388 e. The summed E-state index contributed by atoms with van der Waals surface area (Å²) < 4.78 is 5.40. The summed E-state index contributed by atoms with van der Waals surface area (Å²) in [4.78, 5) is 25.3. The summed E-state index contributed by atoms with van der Waals surface area (Å²) in [6.07, 6.45) is 3.68. The Morgan fingerprint density at radius 2 is 1.93 bits per heavy atom. The zero-order valence-electron chi connectivity index (χ0n) is 16.6. The van der Waals surface area contributed by atoms with Crippen molar-refractivity contribution in [2.75, 3.05) is 57.8 Å². The van der Waals surface area contributed by atoms with Crippen LogP contribution in [0.1, 0.15) is 37.6 Å². The number of nitrogens with one attached hydrogen (secondary N) is 1. The summed E-state index contributed by atoms with van der Waals surface area (Å²) in [5.74, 6) is 0.437. The molecule has 1 aromatic rings. The van der Waals surface area contributed by atoms with Gasteiger partial charge in [0.05, 0.1) is 24.4 Å². The highest BCUT2D eigenvalue weighted by Crippen LogP contribution is 2.39. The second kappa shape index (κ2) is 8.08. The van der Waals surface area contributed by atoms with Gasteiger partial charge in [-0.3, -0.25) is 9.69 Å². The Morgan fingerprint density at radius 3 is 2.52 bits per heavy atom.